The van der Waals surface area contributed by atoms with E-state index < -0.39 is 0 Å². The number of benzene rings is 2. The van der Waals surface area contributed by atoms with Gasteiger partial charge in [-0.25, -0.2) is 9.59 Å². The summed E-state index contributed by atoms with van der Waals surface area (Å²) >= 11 is 0. The molecule has 0 heterocycles. The Balaban J connectivity index is 2.51. The Hall–Kier alpha value is -3.40. The molecular weight excluding hydrogens is 284 g/mol. The van der Waals surface area contributed by atoms with Gasteiger partial charge in [0, 0.05) is 6.07 Å². The molecule has 0 N–H and O–H groups in total. The van der Waals surface area contributed by atoms with Crippen molar-refractivity contribution in [2.45, 2.75) is 0 Å². The van der Waals surface area contributed by atoms with Gasteiger partial charge in [-0.2, -0.15) is 15.1 Å². The van der Waals surface area contributed by atoms with E-state index in [1.54, 1.807) is 12.1 Å². The Labute approximate surface area is 125 Å². The lowest BCUT2D eigenvalue weighted by atomic mass is 10.2. The van der Waals surface area contributed by atoms with E-state index in [0.29, 0.717) is 5.69 Å². The average Bonchev–Trinajstić information content (AvgIpc) is 2.55. The highest BCUT2D eigenvalue weighted by atomic mass is 16.5. The molecule has 2 rings (SSSR count). The minimum Gasteiger partial charge on any atom is -0.494 e. The molecule has 2 aromatic carbocycles. The number of carbonyl (C=O) groups excluding carboxylic acids is 2. The van der Waals surface area contributed by atoms with Crippen LogP contribution in [0.3, 0.4) is 0 Å². The van der Waals surface area contributed by atoms with Gasteiger partial charge in [-0.3, -0.25) is 0 Å². The van der Waals surface area contributed by atoms with Gasteiger partial charge in [-0.05, 0) is 18.2 Å². The van der Waals surface area contributed by atoms with Crippen LogP contribution in [-0.4, -0.2) is 19.3 Å². The minimum atomic E-state index is 0.171. The van der Waals surface area contributed by atoms with Crippen molar-refractivity contribution >= 4 is 34.9 Å². The summed E-state index contributed by atoms with van der Waals surface area (Å²) in [5.74, 6) is 0.287. The lowest BCUT2D eigenvalue weighted by molar-refractivity contribution is 0.416. The average molecular weight is 294 g/mol. The maximum absolute atomic E-state index is 10.5. The smallest absolute Gasteiger partial charge is 0.240 e. The molecule has 7 nitrogen and oxygen atoms in total. The van der Waals surface area contributed by atoms with Crippen LogP contribution in [0.25, 0.3) is 0 Å². The van der Waals surface area contributed by atoms with Crippen molar-refractivity contribution in [1.82, 2.24) is 0 Å². The number of azo groups is 1. The molecule has 0 aliphatic heterocycles. The standard InChI is InChI=1S/C15H10N4O3/c1-22-15-8-13(19-18-11-5-3-2-4-6-11)12(16-9-20)7-14(15)17-10-21/h2-8H,1H3/b19-18+. The molecule has 0 saturated carbocycles. The van der Waals surface area contributed by atoms with Crippen molar-refractivity contribution in [3.8, 4) is 5.75 Å². The molecular formula is C15H10N4O3. The molecule has 0 amide bonds. The first-order valence-corrected chi connectivity index (χ1v) is 6.13. The van der Waals surface area contributed by atoms with Gasteiger partial charge in [0.05, 0.1) is 12.8 Å². The number of methoxy groups -OCH3 is 1. The predicted molar refractivity (Wildman–Crippen MR) is 79.2 cm³/mol. The molecule has 0 spiro atoms. The number of rotatable bonds is 5. The van der Waals surface area contributed by atoms with E-state index in [0.717, 1.165) is 0 Å². The minimum absolute atomic E-state index is 0.171. The Morgan fingerprint density at radius 2 is 1.55 bits per heavy atom. The zero-order valence-corrected chi connectivity index (χ0v) is 11.6. The molecule has 0 aromatic heterocycles. The van der Waals surface area contributed by atoms with Gasteiger partial charge in [-0.1, -0.05) is 18.2 Å². The van der Waals surface area contributed by atoms with Crippen LogP contribution in [0.4, 0.5) is 22.7 Å². The second-order valence-corrected chi connectivity index (χ2v) is 3.95. The van der Waals surface area contributed by atoms with Crippen molar-refractivity contribution < 1.29 is 14.3 Å². The Kier molecular flexibility index (Phi) is 5.04. The van der Waals surface area contributed by atoms with Crippen molar-refractivity contribution in [2.24, 2.45) is 20.2 Å². The summed E-state index contributed by atoms with van der Waals surface area (Å²) in [6.45, 7) is 0. The van der Waals surface area contributed by atoms with E-state index in [1.807, 2.05) is 18.2 Å². The lowest BCUT2D eigenvalue weighted by Gasteiger charge is -2.05. The quantitative estimate of drug-likeness (QED) is 0.473. The van der Waals surface area contributed by atoms with Crippen molar-refractivity contribution in [1.29, 1.82) is 0 Å². The fourth-order valence-corrected chi connectivity index (χ4v) is 1.67. The van der Waals surface area contributed by atoms with Crippen LogP contribution in [-0.2, 0) is 9.59 Å². The van der Waals surface area contributed by atoms with Crippen molar-refractivity contribution in [3.05, 3.63) is 42.5 Å². The molecule has 0 bridgehead atoms. The molecule has 0 fully saturated rings. The zero-order valence-electron chi connectivity index (χ0n) is 11.6. The van der Waals surface area contributed by atoms with E-state index in [2.05, 4.69) is 20.2 Å². The van der Waals surface area contributed by atoms with Crippen LogP contribution >= 0.6 is 0 Å². The fraction of sp³-hybridized carbons (Fsp3) is 0.0667. The normalized spacial score (nSPS) is 9.86. The van der Waals surface area contributed by atoms with Gasteiger partial charge >= 0.3 is 0 Å². The summed E-state index contributed by atoms with van der Waals surface area (Å²) in [6, 6.07) is 11.9. The first-order valence-electron chi connectivity index (χ1n) is 6.13. The topological polar surface area (TPSA) is 92.8 Å². The third-order valence-electron chi connectivity index (χ3n) is 2.64. The van der Waals surface area contributed by atoms with Gasteiger partial charge in [0.2, 0.25) is 12.2 Å². The Morgan fingerprint density at radius 3 is 2.18 bits per heavy atom. The van der Waals surface area contributed by atoms with E-state index in [9.17, 15) is 9.59 Å². The van der Waals surface area contributed by atoms with Crippen molar-refractivity contribution in [3.63, 3.8) is 0 Å². The number of nitrogens with zero attached hydrogens (tertiary/aromatic N) is 4. The van der Waals surface area contributed by atoms with E-state index in [-0.39, 0.29) is 22.8 Å². The van der Waals surface area contributed by atoms with Crippen LogP contribution in [0.15, 0.2) is 62.7 Å². The molecule has 0 unspecified atom stereocenters. The highest BCUT2D eigenvalue weighted by Crippen LogP contribution is 2.40. The number of hydrogen-bond acceptors (Lipinski definition) is 7. The Bertz CT molecular complexity index is 790. The molecule has 22 heavy (non-hydrogen) atoms. The summed E-state index contributed by atoms with van der Waals surface area (Å²) in [4.78, 5) is 28.0. The van der Waals surface area contributed by atoms with Crippen LogP contribution in [0.2, 0.25) is 0 Å². The molecule has 0 aliphatic carbocycles. The lowest BCUT2D eigenvalue weighted by Crippen LogP contribution is -1.83. The molecule has 0 radical (unpaired) electrons. The zero-order chi connectivity index (χ0) is 15.8. The summed E-state index contributed by atoms with van der Waals surface area (Å²) in [5, 5.41) is 8.08. The van der Waals surface area contributed by atoms with Gasteiger partial charge in [0.15, 0.2) is 0 Å². The van der Waals surface area contributed by atoms with Crippen LogP contribution in [0.1, 0.15) is 0 Å². The molecule has 2 aromatic rings. The highest BCUT2D eigenvalue weighted by Gasteiger charge is 2.10. The maximum Gasteiger partial charge on any atom is 0.240 e. The van der Waals surface area contributed by atoms with Crippen LogP contribution < -0.4 is 4.74 Å². The van der Waals surface area contributed by atoms with Gasteiger partial charge in [-0.15, -0.1) is 5.11 Å². The fourth-order valence-electron chi connectivity index (χ4n) is 1.67. The van der Waals surface area contributed by atoms with E-state index in [1.165, 1.54) is 31.4 Å². The monoisotopic (exact) mass is 294 g/mol. The van der Waals surface area contributed by atoms with E-state index in [4.69, 9.17) is 4.74 Å². The van der Waals surface area contributed by atoms with Gasteiger partial charge in [0.25, 0.3) is 0 Å². The van der Waals surface area contributed by atoms with Crippen molar-refractivity contribution in [2.75, 3.05) is 7.11 Å². The highest BCUT2D eigenvalue weighted by molar-refractivity contribution is 5.75. The molecule has 7 heteroatoms. The second-order valence-electron chi connectivity index (χ2n) is 3.95. The molecule has 0 saturated heterocycles. The van der Waals surface area contributed by atoms with Gasteiger partial charge < -0.3 is 4.74 Å². The van der Waals surface area contributed by atoms with Crippen LogP contribution in [0.5, 0.6) is 5.75 Å². The summed E-state index contributed by atoms with van der Waals surface area (Å²) < 4.78 is 5.11. The third kappa shape index (κ3) is 3.58. The first-order chi connectivity index (χ1) is 10.8. The summed E-state index contributed by atoms with van der Waals surface area (Å²) in [6.07, 6.45) is 2.83. The first kappa shape index (κ1) is 15.0. The third-order valence-corrected chi connectivity index (χ3v) is 2.64. The number of isocyanates is 2. The number of ether oxygens (including phenoxy) is 1. The molecule has 0 atom stereocenters. The second kappa shape index (κ2) is 7.40. The maximum atomic E-state index is 10.5. The Morgan fingerprint density at radius 1 is 0.864 bits per heavy atom. The SMILES string of the molecule is COc1cc(/N=N/c2ccccc2)c(N=C=O)cc1N=C=O. The number of aliphatic imine (C=N–C) groups is 2. The molecule has 0 aliphatic rings. The molecule has 108 valence electrons. The van der Waals surface area contributed by atoms with Crippen LogP contribution in [0, 0.1) is 0 Å². The predicted octanol–water partition coefficient (Wildman–Crippen LogP) is 4.05. The summed E-state index contributed by atoms with van der Waals surface area (Å²) in [5.41, 5.74) is 1.28. The largest absolute Gasteiger partial charge is 0.494 e. The number of hydrogen-bond donors (Lipinski definition) is 0. The van der Waals surface area contributed by atoms with Gasteiger partial charge in [0.1, 0.15) is 22.8 Å². The summed E-state index contributed by atoms with van der Waals surface area (Å²) in [7, 11) is 1.42. The van der Waals surface area contributed by atoms with E-state index >= 15 is 0 Å².